The first-order valence-corrected chi connectivity index (χ1v) is 7.95. The smallest absolute Gasteiger partial charge is 0.0700 e. The summed E-state index contributed by atoms with van der Waals surface area (Å²) in [5.41, 5.74) is 0. The minimum atomic E-state index is -0.402. The van der Waals surface area contributed by atoms with Gasteiger partial charge in [0.2, 0.25) is 0 Å². The molecule has 0 amide bonds. The molecule has 3 heteroatoms. The van der Waals surface area contributed by atoms with E-state index in [4.69, 9.17) is 9.47 Å². The van der Waals surface area contributed by atoms with E-state index in [1.54, 1.807) is 7.11 Å². The fourth-order valence-electron chi connectivity index (χ4n) is 1.01. The van der Waals surface area contributed by atoms with Gasteiger partial charge in [-0.3, -0.25) is 0 Å². The molecule has 0 unspecified atom stereocenters. The van der Waals surface area contributed by atoms with Crippen LogP contribution in [-0.2, 0) is 9.47 Å². The van der Waals surface area contributed by atoms with Crippen LogP contribution in [0.25, 0.3) is 0 Å². The minimum Gasteiger partial charge on any atom is -0.382 e. The highest BCUT2D eigenvalue weighted by Gasteiger charge is 2.15. The average molecular weight is 222 g/mol. The number of methoxy groups -OCH3 is 1. The summed E-state index contributed by atoms with van der Waals surface area (Å²) < 4.78 is 10.3. The summed E-state index contributed by atoms with van der Waals surface area (Å²) in [5, 5.41) is 0.821. The van der Waals surface area contributed by atoms with E-state index in [0.29, 0.717) is 6.61 Å². The maximum absolute atomic E-state index is 5.44. The lowest BCUT2D eigenvalue weighted by Crippen LogP contribution is -2.14. The molecule has 0 rings (SSSR count). The van der Waals surface area contributed by atoms with Gasteiger partial charge in [0.15, 0.2) is 0 Å². The summed E-state index contributed by atoms with van der Waals surface area (Å²) in [6.45, 7) is 6.96. The Morgan fingerprint density at radius 2 is 1.71 bits per heavy atom. The Morgan fingerprint density at radius 3 is 2.21 bits per heavy atom. The van der Waals surface area contributed by atoms with E-state index >= 15 is 0 Å². The standard InChI is InChI=1S/C11H26O2S/c1-11(2)14(4,5)10-6-7-13-9-8-12-3/h11H,6-10H2,1-5H3. The van der Waals surface area contributed by atoms with Crippen LogP contribution in [0.15, 0.2) is 0 Å². The van der Waals surface area contributed by atoms with Crippen LogP contribution in [0.1, 0.15) is 20.3 Å². The van der Waals surface area contributed by atoms with E-state index in [0.717, 1.165) is 18.5 Å². The van der Waals surface area contributed by atoms with Crippen LogP contribution in [-0.4, -0.2) is 50.4 Å². The molecule has 0 spiro atoms. The van der Waals surface area contributed by atoms with Gasteiger partial charge < -0.3 is 9.47 Å². The van der Waals surface area contributed by atoms with Crippen LogP contribution in [0, 0.1) is 0 Å². The third-order valence-electron chi connectivity index (χ3n) is 2.67. The largest absolute Gasteiger partial charge is 0.382 e. The lowest BCUT2D eigenvalue weighted by atomic mass is 10.5. The highest BCUT2D eigenvalue weighted by atomic mass is 32.3. The van der Waals surface area contributed by atoms with E-state index < -0.39 is 10.0 Å². The molecule has 0 bridgehead atoms. The van der Waals surface area contributed by atoms with Gasteiger partial charge in [-0.05, 0) is 29.9 Å². The van der Waals surface area contributed by atoms with Crippen LogP contribution in [0.3, 0.4) is 0 Å². The number of hydrogen-bond acceptors (Lipinski definition) is 2. The van der Waals surface area contributed by atoms with Crippen molar-refractivity contribution >= 4 is 10.0 Å². The molecule has 0 fully saturated rings. The predicted octanol–water partition coefficient (Wildman–Crippen LogP) is 2.51. The molecule has 0 radical (unpaired) electrons. The molecule has 0 aromatic rings. The Morgan fingerprint density at radius 1 is 1.07 bits per heavy atom. The fourth-order valence-corrected chi connectivity index (χ4v) is 2.35. The monoisotopic (exact) mass is 222 g/mol. The van der Waals surface area contributed by atoms with E-state index in [1.807, 2.05) is 0 Å². The molecule has 0 heterocycles. The molecule has 88 valence electrons. The van der Waals surface area contributed by atoms with Gasteiger partial charge in [-0.2, -0.15) is 0 Å². The van der Waals surface area contributed by atoms with Crippen molar-refractivity contribution in [3.63, 3.8) is 0 Å². The van der Waals surface area contributed by atoms with Gasteiger partial charge in [0.1, 0.15) is 0 Å². The molecular formula is C11H26O2S. The lowest BCUT2D eigenvalue weighted by molar-refractivity contribution is 0.0713. The van der Waals surface area contributed by atoms with Gasteiger partial charge in [0, 0.05) is 13.7 Å². The molecule has 0 aliphatic carbocycles. The molecule has 0 saturated carbocycles. The molecule has 0 aromatic heterocycles. The van der Waals surface area contributed by atoms with E-state index in [1.165, 1.54) is 12.2 Å². The van der Waals surface area contributed by atoms with Gasteiger partial charge in [0.05, 0.1) is 13.2 Å². The molecule has 0 atom stereocenters. The first-order valence-electron chi connectivity index (χ1n) is 5.27. The van der Waals surface area contributed by atoms with Gasteiger partial charge in [-0.15, -0.1) is 0 Å². The molecule has 0 aliphatic heterocycles. The molecule has 0 aliphatic rings. The maximum atomic E-state index is 5.44. The zero-order valence-electron chi connectivity index (χ0n) is 10.3. The Labute approximate surface area is 90.7 Å². The van der Waals surface area contributed by atoms with Gasteiger partial charge in [-0.25, -0.2) is 10.0 Å². The SMILES string of the molecule is COCCOCCCS(C)(C)C(C)C. The van der Waals surface area contributed by atoms with E-state index in [-0.39, 0.29) is 0 Å². The van der Waals surface area contributed by atoms with Crippen molar-refractivity contribution in [2.75, 3.05) is 45.2 Å². The Bertz CT molecular complexity index is 135. The van der Waals surface area contributed by atoms with E-state index in [2.05, 4.69) is 26.4 Å². The molecule has 2 nitrogen and oxygen atoms in total. The van der Waals surface area contributed by atoms with Crippen molar-refractivity contribution in [1.82, 2.24) is 0 Å². The fraction of sp³-hybridized carbons (Fsp3) is 1.00. The summed E-state index contributed by atoms with van der Waals surface area (Å²) in [6, 6.07) is 0. The van der Waals surface area contributed by atoms with Crippen LogP contribution in [0.2, 0.25) is 0 Å². The van der Waals surface area contributed by atoms with Crippen LogP contribution in [0.4, 0.5) is 0 Å². The third-order valence-corrected chi connectivity index (χ3v) is 6.56. The number of rotatable bonds is 8. The second-order valence-electron chi connectivity index (χ2n) is 4.34. The Kier molecular flexibility index (Phi) is 7.69. The molecule has 0 saturated heterocycles. The summed E-state index contributed by atoms with van der Waals surface area (Å²) in [4.78, 5) is 0. The van der Waals surface area contributed by atoms with Crippen molar-refractivity contribution in [3.8, 4) is 0 Å². The summed E-state index contributed by atoms with van der Waals surface area (Å²) in [6.07, 6.45) is 6.00. The quantitative estimate of drug-likeness (QED) is 0.588. The summed E-state index contributed by atoms with van der Waals surface area (Å²) in [5.74, 6) is 1.32. The number of ether oxygens (including phenoxy) is 2. The van der Waals surface area contributed by atoms with Crippen LogP contribution in [0.5, 0.6) is 0 Å². The minimum absolute atomic E-state index is 0.402. The van der Waals surface area contributed by atoms with Crippen LogP contribution >= 0.6 is 10.0 Å². The zero-order valence-corrected chi connectivity index (χ0v) is 11.2. The van der Waals surface area contributed by atoms with Gasteiger partial charge in [0.25, 0.3) is 0 Å². The second-order valence-corrected chi connectivity index (χ2v) is 8.93. The third kappa shape index (κ3) is 6.68. The topological polar surface area (TPSA) is 18.5 Å². The van der Waals surface area contributed by atoms with Crippen molar-refractivity contribution < 1.29 is 9.47 Å². The zero-order chi connectivity index (χ0) is 11.0. The normalized spacial score (nSPS) is 13.6. The Balaban J connectivity index is 3.35. The number of hydrogen-bond donors (Lipinski definition) is 0. The Hall–Kier alpha value is 0.270. The molecule has 0 aromatic carbocycles. The van der Waals surface area contributed by atoms with Crippen molar-refractivity contribution in [2.24, 2.45) is 0 Å². The molecule has 14 heavy (non-hydrogen) atoms. The maximum Gasteiger partial charge on any atom is 0.0700 e. The van der Waals surface area contributed by atoms with Gasteiger partial charge in [-0.1, -0.05) is 13.8 Å². The summed E-state index contributed by atoms with van der Waals surface area (Å²) >= 11 is 0. The van der Waals surface area contributed by atoms with Crippen molar-refractivity contribution in [3.05, 3.63) is 0 Å². The second kappa shape index (κ2) is 7.55. The molecular weight excluding hydrogens is 196 g/mol. The molecule has 0 N–H and O–H groups in total. The average Bonchev–Trinajstić information content (AvgIpc) is 2.10. The predicted molar refractivity (Wildman–Crippen MR) is 66.8 cm³/mol. The van der Waals surface area contributed by atoms with Crippen LogP contribution < -0.4 is 0 Å². The van der Waals surface area contributed by atoms with Crippen molar-refractivity contribution in [2.45, 2.75) is 25.5 Å². The highest BCUT2D eigenvalue weighted by molar-refractivity contribution is 8.33. The van der Waals surface area contributed by atoms with E-state index in [9.17, 15) is 0 Å². The first kappa shape index (κ1) is 14.3. The van der Waals surface area contributed by atoms with Gasteiger partial charge >= 0.3 is 0 Å². The summed E-state index contributed by atoms with van der Waals surface area (Å²) in [7, 11) is 1.30. The van der Waals surface area contributed by atoms with Crippen molar-refractivity contribution in [1.29, 1.82) is 0 Å². The lowest BCUT2D eigenvalue weighted by Gasteiger charge is -2.35. The highest BCUT2D eigenvalue weighted by Crippen LogP contribution is 2.45. The first-order chi connectivity index (χ1) is 6.50.